The third-order valence-electron chi connectivity index (χ3n) is 10.1. The number of hydrogen-bond acceptors (Lipinski definition) is 10. The summed E-state index contributed by atoms with van der Waals surface area (Å²) in [6, 6.07) is 8.81. The highest BCUT2D eigenvalue weighted by atomic mass is 32.1. The van der Waals surface area contributed by atoms with Gasteiger partial charge in [0.25, 0.3) is 5.91 Å². The van der Waals surface area contributed by atoms with Crippen LogP contribution in [0.15, 0.2) is 41.9 Å². The minimum absolute atomic E-state index is 0.162. The number of alkyl carbamates (subject to hydrolysis) is 1. The summed E-state index contributed by atoms with van der Waals surface area (Å²) in [6.45, 7) is 14.0. The molecule has 1 aromatic carbocycles. The zero-order valence-corrected chi connectivity index (χ0v) is 32.7. The lowest BCUT2D eigenvalue weighted by Crippen LogP contribution is -2.60. The number of aromatic nitrogens is 3. The molecule has 6 rings (SSSR count). The molecule has 284 valence electrons. The maximum absolute atomic E-state index is 14.0. The van der Waals surface area contributed by atoms with Crippen molar-refractivity contribution in [1.82, 2.24) is 30.3 Å². The zero-order chi connectivity index (χ0) is 37.9. The molecule has 53 heavy (non-hydrogen) atoms. The second-order valence-electron chi connectivity index (χ2n) is 15.2. The molecule has 0 radical (unpaired) electrons. The topological polar surface area (TPSA) is 137 Å². The van der Waals surface area contributed by atoms with Gasteiger partial charge in [-0.25, -0.2) is 15.2 Å². The van der Waals surface area contributed by atoms with Gasteiger partial charge in [0.2, 0.25) is 0 Å². The van der Waals surface area contributed by atoms with Crippen molar-refractivity contribution in [3.8, 4) is 22.5 Å². The van der Waals surface area contributed by atoms with Gasteiger partial charge in [-0.2, -0.15) is 0 Å². The summed E-state index contributed by atoms with van der Waals surface area (Å²) < 4.78 is 19.6. The maximum atomic E-state index is 14.0. The van der Waals surface area contributed by atoms with Crippen molar-refractivity contribution in [1.29, 1.82) is 0 Å². The van der Waals surface area contributed by atoms with E-state index in [9.17, 15) is 14.4 Å². The van der Waals surface area contributed by atoms with Gasteiger partial charge in [-0.15, -0.1) is 11.3 Å². The van der Waals surface area contributed by atoms with Gasteiger partial charge >= 0.3 is 12.1 Å². The number of methoxy groups -OCH3 is 1. The number of hydrogen-bond donors (Lipinski definition) is 2. The summed E-state index contributed by atoms with van der Waals surface area (Å²) in [5.74, 6) is -0.414. The third-order valence-corrected chi connectivity index (χ3v) is 10.9. The highest BCUT2D eigenvalue weighted by molar-refractivity contribution is 7.10. The van der Waals surface area contributed by atoms with E-state index in [1.54, 1.807) is 13.3 Å². The lowest BCUT2D eigenvalue weighted by atomic mass is 9.84. The molecule has 13 heteroatoms. The van der Waals surface area contributed by atoms with Crippen molar-refractivity contribution in [2.24, 2.45) is 11.3 Å². The largest absolute Gasteiger partial charge is 0.464 e. The molecule has 12 nitrogen and oxygen atoms in total. The van der Waals surface area contributed by atoms with Gasteiger partial charge < -0.3 is 24.1 Å². The van der Waals surface area contributed by atoms with Crippen molar-refractivity contribution in [2.45, 2.75) is 98.4 Å². The SMILES string of the molecule is CCn1c(-c2cccnc2[C@H](C)OC)c2c3cc(ccc31)-c1csc(n1)CC(NC(=O)OCCC(C)C)C(=O)N1CCC[C@H](N1)C(=O)OCC(C)(C)C2. The fourth-order valence-electron chi connectivity index (χ4n) is 7.14. The monoisotopic (exact) mass is 744 g/mol. The Bertz CT molecular complexity index is 1950. The number of esters is 1. The Hall–Kier alpha value is -4.33. The van der Waals surface area contributed by atoms with Gasteiger partial charge in [0.05, 0.1) is 41.4 Å². The lowest BCUT2D eigenvalue weighted by Gasteiger charge is -2.35. The quantitative estimate of drug-likeness (QED) is 0.186. The Labute approximate surface area is 315 Å². The molecule has 5 heterocycles. The van der Waals surface area contributed by atoms with Crippen LogP contribution in [0.3, 0.4) is 0 Å². The van der Waals surface area contributed by atoms with Gasteiger partial charge in [-0.1, -0.05) is 33.8 Å². The number of ether oxygens (including phenoxy) is 3. The molecule has 2 amide bonds. The first-order chi connectivity index (χ1) is 25.4. The summed E-state index contributed by atoms with van der Waals surface area (Å²) in [5, 5.41) is 8.00. The Kier molecular flexibility index (Phi) is 11.9. The highest BCUT2D eigenvalue weighted by Gasteiger charge is 2.36. The molecule has 0 aliphatic carbocycles. The molecule has 2 aliphatic rings. The fraction of sp³-hybridized carbons (Fsp3) is 0.525. The fourth-order valence-corrected chi connectivity index (χ4v) is 7.99. The van der Waals surface area contributed by atoms with E-state index < -0.39 is 29.6 Å². The number of benzene rings is 1. The normalized spacial score (nSPS) is 19.9. The average Bonchev–Trinajstić information content (AvgIpc) is 3.74. The number of carbonyl (C=O) groups is 3. The maximum Gasteiger partial charge on any atom is 0.407 e. The number of carbonyl (C=O) groups excluding carboxylic acids is 3. The van der Waals surface area contributed by atoms with Gasteiger partial charge in [0, 0.05) is 65.6 Å². The average molecular weight is 745 g/mol. The number of pyridine rings is 1. The van der Waals surface area contributed by atoms with Crippen molar-refractivity contribution in [3.05, 3.63) is 58.2 Å². The Balaban J connectivity index is 1.46. The van der Waals surface area contributed by atoms with Crippen molar-refractivity contribution >= 4 is 40.2 Å². The molecule has 3 aromatic heterocycles. The van der Waals surface area contributed by atoms with Crippen LogP contribution in [0, 0.1) is 11.3 Å². The molecule has 2 N–H and O–H groups in total. The van der Waals surface area contributed by atoms with E-state index in [4.69, 9.17) is 24.2 Å². The van der Waals surface area contributed by atoms with Crippen molar-refractivity contribution in [2.75, 3.05) is 26.9 Å². The van der Waals surface area contributed by atoms with Crippen LogP contribution in [-0.4, -0.2) is 76.5 Å². The summed E-state index contributed by atoms with van der Waals surface area (Å²) in [5.41, 5.74) is 9.50. The highest BCUT2D eigenvalue weighted by Crippen LogP contribution is 2.42. The molecule has 0 spiro atoms. The number of cyclic esters (lactones) is 1. The molecular formula is C40H52N6O6S. The van der Waals surface area contributed by atoms with Crippen LogP contribution < -0.4 is 10.7 Å². The Morgan fingerprint density at radius 3 is 2.77 bits per heavy atom. The van der Waals surface area contributed by atoms with Crippen LogP contribution in [0.1, 0.15) is 83.2 Å². The number of rotatable bonds is 8. The van der Waals surface area contributed by atoms with Crippen LogP contribution in [-0.2, 0) is 43.2 Å². The van der Waals surface area contributed by atoms with Gasteiger partial charge in [-0.05, 0) is 75.3 Å². The van der Waals surface area contributed by atoms with E-state index in [-0.39, 0.29) is 31.6 Å². The lowest BCUT2D eigenvalue weighted by molar-refractivity contribution is -0.155. The van der Waals surface area contributed by atoms with Crippen LogP contribution in [0.4, 0.5) is 4.79 Å². The number of fused-ring (bicyclic) bond motifs is 6. The van der Waals surface area contributed by atoms with E-state index in [1.165, 1.54) is 16.3 Å². The van der Waals surface area contributed by atoms with E-state index in [1.807, 2.05) is 18.4 Å². The van der Waals surface area contributed by atoms with Gasteiger partial charge in [0.1, 0.15) is 12.1 Å². The summed E-state index contributed by atoms with van der Waals surface area (Å²) in [4.78, 5) is 50.3. The van der Waals surface area contributed by atoms with Crippen molar-refractivity contribution in [3.63, 3.8) is 0 Å². The number of aryl methyl sites for hydroxylation is 1. The van der Waals surface area contributed by atoms with Crippen LogP contribution >= 0.6 is 11.3 Å². The molecule has 6 bridgehead atoms. The van der Waals surface area contributed by atoms with E-state index in [0.717, 1.165) is 51.2 Å². The molecule has 4 aromatic rings. The standard InChI is InChI=1S/C40H52N6O6S/c1-8-45-33-14-13-26-19-28(33)29(36(45)27-11-9-16-41-35(27)25(4)50-7)21-40(5,6)23-52-38(48)30-12-10-17-46(44-30)37(47)31(20-34-42-32(26)22-53-34)43-39(49)51-18-15-24(2)3/h9,11,13-14,16,19,22,24-25,30-31,44H,8,10,12,15,17-18,20-21,23H2,1-7H3,(H,43,49)/t25-,30-,31?/m0/s1. The summed E-state index contributed by atoms with van der Waals surface area (Å²) in [7, 11) is 1.69. The first-order valence-electron chi connectivity index (χ1n) is 18.6. The van der Waals surface area contributed by atoms with Gasteiger partial charge in [-0.3, -0.25) is 19.6 Å². The van der Waals surface area contributed by atoms with Gasteiger partial charge in [0.15, 0.2) is 0 Å². The Morgan fingerprint density at radius 1 is 1.21 bits per heavy atom. The number of amides is 2. The summed E-state index contributed by atoms with van der Waals surface area (Å²) in [6.07, 6.45) is 3.51. The zero-order valence-electron chi connectivity index (χ0n) is 31.9. The predicted octanol–water partition coefficient (Wildman–Crippen LogP) is 6.86. The molecule has 0 saturated carbocycles. The van der Waals surface area contributed by atoms with Crippen LogP contribution in [0.25, 0.3) is 33.4 Å². The number of nitrogens with zero attached hydrogens (tertiary/aromatic N) is 4. The van der Waals surface area contributed by atoms with Crippen LogP contribution in [0.2, 0.25) is 0 Å². The second-order valence-corrected chi connectivity index (χ2v) is 16.2. The molecule has 1 unspecified atom stereocenters. The smallest absolute Gasteiger partial charge is 0.407 e. The van der Waals surface area contributed by atoms with E-state index in [2.05, 4.69) is 74.2 Å². The molecule has 1 fully saturated rings. The summed E-state index contributed by atoms with van der Waals surface area (Å²) >= 11 is 1.44. The predicted molar refractivity (Wildman–Crippen MR) is 205 cm³/mol. The molecule has 1 saturated heterocycles. The van der Waals surface area contributed by atoms with E-state index in [0.29, 0.717) is 43.2 Å². The first kappa shape index (κ1) is 38.4. The second kappa shape index (κ2) is 16.4. The molecule has 2 aliphatic heterocycles. The number of hydrazine groups is 1. The molecular weight excluding hydrogens is 693 g/mol. The third kappa shape index (κ3) is 8.58. The minimum atomic E-state index is -0.959. The van der Waals surface area contributed by atoms with Crippen LogP contribution in [0.5, 0.6) is 0 Å². The number of thiazole rings is 1. The van der Waals surface area contributed by atoms with Crippen molar-refractivity contribution < 1.29 is 28.6 Å². The molecule has 3 atom stereocenters. The number of nitrogens with one attached hydrogen (secondary N) is 2. The first-order valence-corrected chi connectivity index (χ1v) is 19.5. The van der Waals surface area contributed by atoms with E-state index >= 15 is 0 Å². The minimum Gasteiger partial charge on any atom is -0.464 e. The Morgan fingerprint density at radius 2 is 2.02 bits per heavy atom.